The first kappa shape index (κ1) is 29.2. The number of hydrogen-bond donors (Lipinski definition) is 0. The molecule has 0 atom stereocenters. The summed E-state index contributed by atoms with van der Waals surface area (Å²) in [5, 5.41) is 1.34. The van der Waals surface area contributed by atoms with E-state index >= 15 is 0 Å². The summed E-state index contributed by atoms with van der Waals surface area (Å²) < 4.78 is 13.0. The van der Waals surface area contributed by atoms with E-state index in [-0.39, 0.29) is 5.91 Å². The maximum atomic E-state index is 13.7. The zero-order valence-electron chi connectivity index (χ0n) is 22.4. The van der Waals surface area contributed by atoms with E-state index in [0.717, 1.165) is 25.8 Å². The number of carbonyl (C=O) groups excluding carboxylic acids is 1. The molecule has 0 N–H and O–H groups in total. The van der Waals surface area contributed by atoms with Gasteiger partial charge in [-0.2, -0.15) is 0 Å². The zero-order chi connectivity index (χ0) is 28.6. The number of aliphatic imine (C=N–C) groups is 1. The molecule has 1 aliphatic heterocycles. The van der Waals surface area contributed by atoms with Crippen LogP contribution in [-0.4, -0.2) is 22.6 Å². The smallest absolute Gasteiger partial charge is 0.267 e. The summed E-state index contributed by atoms with van der Waals surface area (Å²) in [4.78, 5) is 20.9. The number of carbonyl (C=O) groups is 1. The van der Waals surface area contributed by atoms with Crippen LogP contribution in [0, 0.1) is 3.57 Å². The van der Waals surface area contributed by atoms with Crippen LogP contribution >= 0.6 is 46.0 Å². The highest BCUT2D eigenvalue weighted by Crippen LogP contribution is 2.38. The Kier molecular flexibility index (Phi) is 10.0. The molecule has 0 spiro atoms. The van der Waals surface area contributed by atoms with Crippen molar-refractivity contribution in [2.75, 3.05) is 6.61 Å². The molecule has 1 heterocycles. The fourth-order valence-corrected chi connectivity index (χ4v) is 6.21. The van der Waals surface area contributed by atoms with Crippen molar-refractivity contribution in [1.82, 2.24) is 4.90 Å². The van der Waals surface area contributed by atoms with Crippen LogP contribution in [0.5, 0.6) is 11.5 Å². The number of hydrogen-bond acceptors (Lipinski definition) is 5. The molecule has 0 radical (unpaired) electrons. The summed E-state index contributed by atoms with van der Waals surface area (Å²) in [6.45, 7) is 3.68. The fraction of sp³-hybridized carbons (Fsp3) is 0.152. The molecule has 5 rings (SSSR count). The average Bonchev–Trinajstić information content (AvgIpc) is 3.27. The van der Waals surface area contributed by atoms with Gasteiger partial charge in [-0.3, -0.25) is 14.7 Å². The zero-order valence-corrected chi connectivity index (χ0v) is 26.2. The maximum Gasteiger partial charge on any atom is 0.267 e. The third-order valence-corrected chi connectivity index (χ3v) is 8.49. The van der Waals surface area contributed by atoms with Gasteiger partial charge in [-0.25, -0.2) is 0 Å². The molecule has 1 saturated heterocycles. The van der Waals surface area contributed by atoms with E-state index in [4.69, 9.17) is 26.1 Å². The van der Waals surface area contributed by atoms with Crippen molar-refractivity contribution in [3.05, 3.63) is 133 Å². The van der Waals surface area contributed by atoms with Crippen LogP contribution in [0.15, 0.2) is 107 Å². The van der Waals surface area contributed by atoms with E-state index in [9.17, 15) is 4.79 Å². The van der Waals surface area contributed by atoms with Crippen LogP contribution in [0.25, 0.3) is 6.08 Å². The molecule has 1 fully saturated rings. The van der Waals surface area contributed by atoms with Gasteiger partial charge in [0.1, 0.15) is 6.61 Å². The number of rotatable bonds is 10. The van der Waals surface area contributed by atoms with Crippen molar-refractivity contribution in [3.8, 4) is 11.5 Å². The maximum absolute atomic E-state index is 13.7. The van der Waals surface area contributed by atoms with Gasteiger partial charge in [-0.15, -0.1) is 0 Å². The second kappa shape index (κ2) is 14.1. The number of thioether (sulfide) groups is 1. The molecule has 0 aliphatic carbocycles. The van der Waals surface area contributed by atoms with Crippen molar-refractivity contribution in [1.29, 1.82) is 0 Å². The summed E-state index contributed by atoms with van der Waals surface area (Å²) in [7, 11) is 0. The Bertz CT molecular complexity index is 1580. The van der Waals surface area contributed by atoms with Crippen molar-refractivity contribution in [3.63, 3.8) is 0 Å². The van der Waals surface area contributed by atoms with Gasteiger partial charge in [0.15, 0.2) is 16.7 Å². The van der Waals surface area contributed by atoms with Crippen LogP contribution in [0.4, 0.5) is 0 Å². The monoisotopic (exact) mass is 694 g/mol. The van der Waals surface area contributed by atoms with Gasteiger partial charge in [-0.1, -0.05) is 90.5 Å². The summed E-state index contributed by atoms with van der Waals surface area (Å²) >= 11 is 9.97. The molecule has 1 amide bonds. The normalized spacial score (nSPS) is 15.1. The molecule has 0 saturated carbocycles. The van der Waals surface area contributed by atoms with E-state index in [1.165, 1.54) is 11.8 Å². The second-order valence-electron chi connectivity index (χ2n) is 9.22. The van der Waals surface area contributed by atoms with Gasteiger partial charge in [0.05, 0.1) is 28.2 Å². The number of ether oxygens (including phenoxy) is 2. The minimum atomic E-state index is -0.0716. The van der Waals surface area contributed by atoms with E-state index in [0.29, 0.717) is 52.9 Å². The summed E-state index contributed by atoms with van der Waals surface area (Å²) in [6.07, 6.45) is 1.90. The lowest BCUT2D eigenvalue weighted by Crippen LogP contribution is -2.28. The van der Waals surface area contributed by atoms with Gasteiger partial charge < -0.3 is 9.47 Å². The van der Waals surface area contributed by atoms with E-state index in [1.807, 2.05) is 110 Å². The largest absolute Gasteiger partial charge is 0.490 e. The minimum Gasteiger partial charge on any atom is -0.490 e. The number of nitrogens with zero attached hydrogens (tertiary/aromatic N) is 2. The Morgan fingerprint density at radius 3 is 2.32 bits per heavy atom. The quantitative estimate of drug-likeness (QED) is 0.123. The summed E-state index contributed by atoms with van der Waals surface area (Å²) in [6, 6.07) is 31.5. The highest BCUT2D eigenvalue weighted by atomic mass is 127. The average molecular weight is 695 g/mol. The molecular weight excluding hydrogens is 667 g/mol. The summed E-state index contributed by atoms with van der Waals surface area (Å²) in [5.74, 6) is 1.20. The van der Waals surface area contributed by atoms with Gasteiger partial charge in [0.25, 0.3) is 5.91 Å². The predicted octanol–water partition coefficient (Wildman–Crippen LogP) is 8.60. The Balaban J connectivity index is 1.43. The lowest BCUT2D eigenvalue weighted by Gasteiger charge is -2.16. The fourth-order valence-electron chi connectivity index (χ4n) is 4.26. The Morgan fingerprint density at radius 1 is 0.927 bits per heavy atom. The first-order chi connectivity index (χ1) is 20.0. The topological polar surface area (TPSA) is 51.1 Å². The van der Waals surface area contributed by atoms with Crippen LogP contribution in [0.1, 0.15) is 29.2 Å². The van der Waals surface area contributed by atoms with Gasteiger partial charge in [0, 0.05) is 10.6 Å². The van der Waals surface area contributed by atoms with Crippen LogP contribution in [0.3, 0.4) is 0 Å². The van der Waals surface area contributed by atoms with Crippen LogP contribution < -0.4 is 9.47 Å². The molecule has 8 heteroatoms. The molecule has 0 aromatic heterocycles. The Hall–Kier alpha value is -3.27. The first-order valence-corrected chi connectivity index (χ1v) is 15.5. The van der Waals surface area contributed by atoms with Gasteiger partial charge in [0.2, 0.25) is 0 Å². The number of halogens is 2. The highest BCUT2D eigenvalue weighted by molar-refractivity contribution is 14.1. The predicted molar refractivity (Wildman–Crippen MR) is 176 cm³/mol. The minimum absolute atomic E-state index is 0.0716. The van der Waals surface area contributed by atoms with Crippen molar-refractivity contribution >= 4 is 63.1 Å². The van der Waals surface area contributed by atoms with Gasteiger partial charge in [-0.05, 0) is 82.2 Å². The molecule has 1 aliphatic rings. The lowest BCUT2D eigenvalue weighted by molar-refractivity contribution is -0.122. The molecule has 0 unspecified atom stereocenters. The first-order valence-electron chi connectivity index (χ1n) is 13.2. The van der Waals surface area contributed by atoms with E-state index < -0.39 is 0 Å². The highest BCUT2D eigenvalue weighted by Gasteiger charge is 2.33. The Labute approximate surface area is 263 Å². The molecule has 4 aromatic carbocycles. The van der Waals surface area contributed by atoms with Crippen LogP contribution in [-0.2, 0) is 24.5 Å². The molecule has 5 nitrogen and oxygen atoms in total. The van der Waals surface area contributed by atoms with Crippen molar-refractivity contribution < 1.29 is 14.3 Å². The molecular formula is C33H28ClIN2O3S. The molecule has 4 aromatic rings. The SMILES string of the molecule is CCOc1cc(/C=C2\SC(=NCc3ccccc3)N(Cc3ccccc3)C2=O)cc(I)c1OCc1ccccc1Cl. The standard InChI is InChI=1S/C33H28ClIN2O3S/c1-2-39-29-18-25(17-28(35)31(29)40-22-26-15-9-10-16-27(26)34)19-30-32(38)37(21-24-13-7-4-8-14-24)33(41-30)36-20-23-11-5-3-6-12-23/h3-19H,2,20-22H2,1H3/b30-19-,36-33?. The number of amides is 1. The molecule has 41 heavy (non-hydrogen) atoms. The third-order valence-electron chi connectivity index (χ3n) is 6.27. The van der Waals surface area contributed by atoms with E-state index in [1.54, 1.807) is 4.90 Å². The van der Waals surface area contributed by atoms with Crippen LogP contribution in [0.2, 0.25) is 5.02 Å². The lowest BCUT2D eigenvalue weighted by atomic mass is 10.1. The number of benzene rings is 4. The second-order valence-corrected chi connectivity index (χ2v) is 11.8. The van der Waals surface area contributed by atoms with Crippen molar-refractivity contribution in [2.45, 2.75) is 26.6 Å². The van der Waals surface area contributed by atoms with E-state index in [2.05, 4.69) is 22.6 Å². The van der Waals surface area contributed by atoms with Gasteiger partial charge >= 0.3 is 0 Å². The summed E-state index contributed by atoms with van der Waals surface area (Å²) in [5.41, 5.74) is 3.88. The number of amidine groups is 1. The van der Waals surface area contributed by atoms with Crippen molar-refractivity contribution in [2.24, 2.45) is 4.99 Å². The molecule has 0 bridgehead atoms. The molecule has 208 valence electrons. The Morgan fingerprint density at radius 2 is 1.61 bits per heavy atom. The third kappa shape index (κ3) is 7.52.